The second-order valence-electron chi connectivity index (χ2n) is 5.74. The lowest BCUT2D eigenvalue weighted by atomic mass is 9.82. The fourth-order valence-corrected chi connectivity index (χ4v) is 2.10. The maximum absolute atomic E-state index is 5.99. The van der Waals surface area contributed by atoms with Gasteiger partial charge in [0, 0.05) is 5.54 Å². The zero-order chi connectivity index (χ0) is 10.8. The van der Waals surface area contributed by atoms with Gasteiger partial charge in [-0.1, -0.05) is 0 Å². The Morgan fingerprint density at radius 2 is 1.71 bits per heavy atom. The van der Waals surface area contributed by atoms with E-state index in [-0.39, 0.29) is 5.60 Å². The fraction of sp³-hybridized carbons (Fsp3) is 1.00. The second kappa shape index (κ2) is 4.19. The van der Waals surface area contributed by atoms with Gasteiger partial charge in [0.1, 0.15) is 0 Å². The van der Waals surface area contributed by atoms with Crippen molar-refractivity contribution < 1.29 is 4.74 Å². The van der Waals surface area contributed by atoms with Crippen molar-refractivity contribution in [3.05, 3.63) is 0 Å². The lowest BCUT2D eigenvalue weighted by Crippen LogP contribution is -2.45. The Balaban J connectivity index is 2.36. The second-order valence-corrected chi connectivity index (χ2v) is 5.74. The van der Waals surface area contributed by atoms with E-state index in [1.54, 1.807) is 0 Å². The molecule has 14 heavy (non-hydrogen) atoms. The highest BCUT2D eigenvalue weighted by atomic mass is 16.5. The molecule has 1 aliphatic carbocycles. The van der Waals surface area contributed by atoms with Crippen LogP contribution in [0.3, 0.4) is 0 Å². The fourth-order valence-electron chi connectivity index (χ4n) is 2.10. The van der Waals surface area contributed by atoms with E-state index in [4.69, 9.17) is 4.74 Å². The number of nitrogens with one attached hydrogen (secondary N) is 1. The van der Waals surface area contributed by atoms with Gasteiger partial charge < -0.3 is 10.1 Å². The third kappa shape index (κ3) is 3.58. The summed E-state index contributed by atoms with van der Waals surface area (Å²) in [5.41, 5.74) is 0.357. The largest absolute Gasteiger partial charge is 0.373 e. The van der Waals surface area contributed by atoms with Gasteiger partial charge in [0.15, 0.2) is 0 Å². The Morgan fingerprint density at radius 1 is 1.21 bits per heavy atom. The number of hydrogen-bond acceptors (Lipinski definition) is 2. The molecule has 0 aromatic rings. The van der Waals surface area contributed by atoms with Crippen LogP contribution in [0.1, 0.15) is 53.4 Å². The normalized spacial score (nSPS) is 34.5. The van der Waals surface area contributed by atoms with Crippen LogP contribution in [0.15, 0.2) is 0 Å². The Labute approximate surface area is 88.4 Å². The maximum Gasteiger partial charge on any atom is 0.0602 e. The van der Waals surface area contributed by atoms with Crippen LogP contribution in [-0.2, 0) is 4.74 Å². The summed E-state index contributed by atoms with van der Waals surface area (Å²) in [5, 5.41) is 3.41. The summed E-state index contributed by atoms with van der Waals surface area (Å²) < 4.78 is 5.99. The molecule has 0 bridgehead atoms. The van der Waals surface area contributed by atoms with Crippen LogP contribution in [0.2, 0.25) is 0 Å². The third-order valence-corrected chi connectivity index (χ3v) is 3.16. The van der Waals surface area contributed by atoms with Crippen molar-refractivity contribution in [3.8, 4) is 0 Å². The first-order chi connectivity index (χ1) is 6.35. The molecule has 1 aliphatic rings. The van der Waals surface area contributed by atoms with E-state index >= 15 is 0 Å². The molecule has 2 heteroatoms. The van der Waals surface area contributed by atoms with Gasteiger partial charge in [-0.2, -0.15) is 0 Å². The molecule has 0 saturated heterocycles. The van der Waals surface area contributed by atoms with Crippen LogP contribution >= 0.6 is 0 Å². The zero-order valence-electron chi connectivity index (χ0n) is 10.3. The van der Waals surface area contributed by atoms with Gasteiger partial charge in [0.05, 0.1) is 11.7 Å². The van der Waals surface area contributed by atoms with E-state index in [2.05, 4.69) is 40.1 Å². The average molecular weight is 199 g/mol. The van der Waals surface area contributed by atoms with Gasteiger partial charge >= 0.3 is 0 Å². The topological polar surface area (TPSA) is 21.3 Å². The van der Waals surface area contributed by atoms with Gasteiger partial charge in [-0.15, -0.1) is 0 Å². The molecular formula is C12H25NO. The van der Waals surface area contributed by atoms with Crippen LogP contribution in [-0.4, -0.2) is 24.3 Å². The van der Waals surface area contributed by atoms with Gasteiger partial charge in [-0.05, 0) is 60.4 Å². The highest BCUT2D eigenvalue weighted by Crippen LogP contribution is 2.31. The zero-order valence-corrected chi connectivity index (χ0v) is 10.3. The lowest BCUT2D eigenvalue weighted by Gasteiger charge is -2.39. The van der Waals surface area contributed by atoms with E-state index in [0.717, 1.165) is 0 Å². The first-order valence-electron chi connectivity index (χ1n) is 5.71. The minimum absolute atomic E-state index is 0.0120. The standard InChI is InChI=1S/C12H25NO/c1-11(2,3)14-10-6-8-12(4,13-5)9-7-10/h10,13H,6-9H2,1-5H3/t10-,12+. The summed E-state index contributed by atoms with van der Waals surface area (Å²) in [6.07, 6.45) is 5.30. The summed E-state index contributed by atoms with van der Waals surface area (Å²) >= 11 is 0. The highest BCUT2D eigenvalue weighted by Gasteiger charge is 2.31. The molecule has 0 atom stereocenters. The summed E-state index contributed by atoms with van der Waals surface area (Å²) in [4.78, 5) is 0. The van der Waals surface area contributed by atoms with Crippen molar-refractivity contribution in [1.82, 2.24) is 5.32 Å². The Hall–Kier alpha value is -0.0800. The van der Waals surface area contributed by atoms with Crippen LogP contribution in [0.25, 0.3) is 0 Å². The smallest absolute Gasteiger partial charge is 0.0602 e. The summed E-state index contributed by atoms with van der Waals surface area (Å²) in [5.74, 6) is 0. The lowest BCUT2D eigenvalue weighted by molar-refractivity contribution is -0.0810. The van der Waals surface area contributed by atoms with Crippen molar-refractivity contribution in [2.24, 2.45) is 0 Å². The molecule has 2 nitrogen and oxygen atoms in total. The SMILES string of the molecule is CN[C@]1(C)CC[C@H](OC(C)(C)C)CC1. The number of ether oxygens (including phenoxy) is 1. The maximum atomic E-state index is 5.99. The van der Waals surface area contributed by atoms with Crippen LogP contribution in [0.5, 0.6) is 0 Å². The van der Waals surface area contributed by atoms with E-state index < -0.39 is 0 Å². The minimum atomic E-state index is 0.0120. The molecule has 1 saturated carbocycles. The molecule has 0 radical (unpaired) electrons. The molecule has 1 fully saturated rings. The molecule has 0 amide bonds. The van der Waals surface area contributed by atoms with Crippen molar-refractivity contribution >= 4 is 0 Å². The number of hydrogen-bond donors (Lipinski definition) is 1. The highest BCUT2D eigenvalue weighted by molar-refractivity contribution is 4.88. The molecule has 0 aromatic carbocycles. The third-order valence-electron chi connectivity index (χ3n) is 3.16. The molecule has 0 aliphatic heterocycles. The molecule has 0 heterocycles. The predicted octanol–water partition coefficient (Wildman–Crippen LogP) is 2.72. The van der Waals surface area contributed by atoms with Crippen molar-refractivity contribution in [1.29, 1.82) is 0 Å². The Kier molecular flexibility index (Phi) is 3.59. The summed E-state index contributed by atoms with van der Waals surface area (Å²) in [7, 11) is 2.06. The van der Waals surface area contributed by atoms with Gasteiger partial charge in [0.25, 0.3) is 0 Å². The van der Waals surface area contributed by atoms with Crippen LogP contribution < -0.4 is 5.32 Å². The quantitative estimate of drug-likeness (QED) is 0.738. The molecular weight excluding hydrogens is 174 g/mol. The van der Waals surface area contributed by atoms with Crippen LogP contribution in [0.4, 0.5) is 0 Å². The van der Waals surface area contributed by atoms with E-state index in [9.17, 15) is 0 Å². The molecule has 84 valence electrons. The first kappa shape index (κ1) is 12.0. The predicted molar refractivity (Wildman–Crippen MR) is 60.6 cm³/mol. The molecule has 0 aromatic heterocycles. The van der Waals surface area contributed by atoms with Gasteiger partial charge in [-0.25, -0.2) is 0 Å². The van der Waals surface area contributed by atoms with E-state index in [1.807, 2.05) is 0 Å². The van der Waals surface area contributed by atoms with Crippen molar-refractivity contribution in [2.45, 2.75) is 70.6 Å². The van der Waals surface area contributed by atoms with Crippen molar-refractivity contribution in [2.75, 3.05) is 7.05 Å². The van der Waals surface area contributed by atoms with E-state index in [0.29, 0.717) is 11.6 Å². The Morgan fingerprint density at radius 3 is 2.07 bits per heavy atom. The monoisotopic (exact) mass is 199 g/mol. The molecule has 1 N–H and O–H groups in total. The minimum Gasteiger partial charge on any atom is -0.373 e. The van der Waals surface area contributed by atoms with Gasteiger partial charge in [-0.3, -0.25) is 0 Å². The summed E-state index contributed by atoms with van der Waals surface area (Å²) in [6.45, 7) is 8.72. The van der Waals surface area contributed by atoms with Crippen LogP contribution in [0, 0.1) is 0 Å². The summed E-state index contributed by atoms with van der Waals surface area (Å²) in [6, 6.07) is 0. The molecule has 1 rings (SSSR count). The van der Waals surface area contributed by atoms with Gasteiger partial charge in [0.2, 0.25) is 0 Å². The Bertz CT molecular complexity index is 175. The average Bonchev–Trinajstić information content (AvgIpc) is 2.07. The van der Waals surface area contributed by atoms with E-state index in [1.165, 1.54) is 25.7 Å². The van der Waals surface area contributed by atoms with Crippen molar-refractivity contribution in [3.63, 3.8) is 0 Å². The molecule has 0 spiro atoms. The first-order valence-corrected chi connectivity index (χ1v) is 5.71. The molecule has 0 unspecified atom stereocenters. The number of rotatable bonds is 2.